The van der Waals surface area contributed by atoms with Crippen LogP contribution in [0.2, 0.25) is 0 Å². The van der Waals surface area contributed by atoms with Gasteiger partial charge in [-0.15, -0.1) is 0 Å². The van der Waals surface area contributed by atoms with Crippen molar-refractivity contribution in [3.8, 4) is 0 Å². The van der Waals surface area contributed by atoms with Gasteiger partial charge in [0.25, 0.3) is 11.5 Å². The number of hydrogen-bond donors (Lipinski definition) is 1. The van der Waals surface area contributed by atoms with E-state index in [1.165, 1.54) is 39.9 Å². The van der Waals surface area contributed by atoms with Crippen LogP contribution in [0.1, 0.15) is 29.8 Å². The molecule has 2 rings (SSSR count). The van der Waals surface area contributed by atoms with E-state index in [1.54, 1.807) is 26.2 Å². The van der Waals surface area contributed by atoms with E-state index in [0.29, 0.717) is 6.54 Å². The highest BCUT2D eigenvalue weighted by Crippen LogP contribution is 2.22. The normalized spacial score (nSPS) is 11.1. The number of amides is 2. The summed E-state index contributed by atoms with van der Waals surface area (Å²) < 4.78 is 14.3. The van der Waals surface area contributed by atoms with Crippen molar-refractivity contribution in [1.82, 2.24) is 14.8 Å². The van der Waals surface area contributed by atoms with Crippen molar-refractivity contribution in [2.45, 2.75) is 25.8 Å². The molecule has 0 unspecified atom stereocenters. The molecule has 7 heteroatoms. The molecule has 1 aromatic carbocycles. The lowest BCUT2D eigenvalue weighted by Gasteiger charge is -2.25. The van der Waals surface area contributed by atoms with Crippen LogP contribution in [0.15, 0.2) is 47.4 Å². The molecule has 0 radical (unpaired) electrons. The smallest absolute Gasteiger partial charge is 0.252 e. The van der Waals surface area contributed by atoms with Gasteiger partial charge in [0.15, 0.2) is 0 Å². The number of carbonyl (C=O) groups is 2. The van der Waals surface area contributed by atoms with Crippen molar-refractivity contribution in [1.29, 1.82) is 0 Å². The standard InChI is InChI=1S/C20H24FN3O3/c1-20(2,15-6-8-16(21)9-7-15)13-22-19(27)14-5-10-17(25)24(11-14)12-18(26)23(3)4/h5-11H,12-13H2,1-4H3,(H,22,27). The first-order valence-electron chi connectivity index (χ1n) is 8.55. The predicted octanol–water partition coefficient (Wildman–Crippen LogP) is 1.78. The minimum absolute atomic E-state index is 0.131. The van der Waals surface area contributed by atoms with Gasteiger partial charge in [-0.2, -0.15) is 0 Å². The van der Waals surface area contributed by atoms with Gasteiger partial charge in [0.2, 0.25) is 5.91 Å². The lowest BCUT2D eigenvalue weighted by molar-refractivity contribution is -0.129. The summed E-state index contributed by atoms with van der Waals surface area (Å²) in [5.41, 5.74) is 0.425. The molecule has 0 atom stereocenters. The Kier molecular flexibility index (Phi) is 6.15. The van der Waals surface area contributed by atoms with E-state index in [9.17, 15) is 18.8 Å². The molecule has 6 nitrogen and oxygen atoms in total. The summed E-state index contributed by atoms with van der Waals surface area (Å²) in [5.74, 6) is -0.906. The van der Waals surface area contributed by atoms with Crippen molar-refractivity contribution in [3.63, 3.8) is 0 Å². The number of nitrogens with zero attached hydrogens (tertiary/aromatic N) is 2. The van der Waals surface area contributed by atoms with Crippen molar-refractivity contribution in [3.05, 3.63) is 69.9 Å². The van der Waals surface area contributed by atoms with Crippen LogP contribution in [-0.2, 0) is 16.8 Å². The van der Waals surface area contributed by atoms with Gasteiger partial charge in [-0.3, -0.25) is 14.4 Å². The second-order valence-electron chi connectivity index (χ2n) is 7.25. The second-order valence-corrected chi connectivity index (χ2v) is 7.25. The number of carbonyl (C=O) groups excluding carboxylic acids is 2. The van der Waals surface area contributed by atoms with E-state index < -0.39 is 5.41 Å². The van der Waals surface area contributed by atoms with Crippen molar-refractivity contribution in [2.24, 2.45) is 0 Å². The lowest BCUT2D eigenvalue weighted by atomic mass is 9.84. The molecule has 0 spiro atoms. The molecule has 1 heterocycles. The quantitative estimate of drug-likeness (QED) is 0.839. The summed E-state index contributed by atoms with van der Waals surface area (Å²) in [6.45, 7) is 4.08. The fourth-order valence-corrected chi connectivity index (χ4v) is 2.48. The minimum atomic E-state index is -0.404. The van der Waals surface area contributed by atoms with Crippen LogP contribution in [-0.4, -0.2) is 41.9 Å². The Hall–Kier alpha value is -2.96. The molecule has 0 fully saturated rings. The van der Waals surface area contributed by atoms with Crippen molar-refractivity contribution >= 4 is 11.8 Å². The van der Waals surface area contributed by atoms with Crippen LogP contribution < -0.4 is 10.9 Å². The Morgan fingerprint density at radius 2 is 1.74 bits per heavy atom. The highest BCUT2D eigenvalue weighted by atomic mass is 19.1. The topological polar surface area (TPSA) is 71.4 Å². The van der Waals surface area contributed by atoms with Gasteiger partial charge >= 0.3 is 0 Å². The summed E-state index contributed by atoms with van der Waals surface area (Å²) in [5, 5.41) is 2.83. The summed E-state index contributed by atoms with van der Waals surface area (Å²) in [4.78, 5) is 37.6. The van der Waals surface area contributed by atoms with Crippen LogP contribution in [0.5, 0.6) is 0 Å². The molecule has 0 aliphatic carbocycles. The van der Waals surface area contributed by atoms with E-state index >= 15 is 0 Å². The highest BCUT2D eigenvalue weighted by Gasteiger charge is 2.22. The van der Waals surface area contributed by atoms with Gasteiger partial charge in [0, 0.05) is 38.3 Å². The number of nitrogens with one attached hydrogen (secondary N) is 1. The van der Waals surface area contributed by atoms with Gasteiger partial charge in [-0.25, -0.2) is 4.39 Å². The number of hydrogen-bond acceptors (Lipinski definition) is 3. The molecule has 144 valence electrons. The molecular formula is C20H24FN3O3. The number of likely N-dealkylation sites (N-methyl/N-ethyl adjacent to an activating group) is 1. The fourth-order valence-electron chi connectivity index (χ4n) is 2.48. The summed E-state index contributed by atoms with van der Waals surface area (Å²) in [6, 6.07) is 8.85. The number of rotatable bonds is 6. The lowest BCUT2D eigenvalue weighted by Crippen LogP contribution is -2.37. The largest absolute Gasteiger partial charge is 0.351 e. The third-order valence-electron chi connectivity index (χ3n) is 4.37. The zero-order valence-electron chi connectivity index (χ0n) is 16.0. The summed E-state index contributed by atoms with van der Waals surface area (Å²) in [7, 11) is 3.20. The predicted molar refractivity (Wildman–Crippen MR) is 101 cm³/mol. The number of halogens is 1. The Labute approximate surface area is 157 Å². The average molecular weight is 373 g/mol. The van der Waals surface area contributed by atoms with Crippen molar-refractivity contribution in [2.75, 3.05) is 20.6 Å². The molecule has 0 aliphatic heterocycles. The molecule has 27 heavy (non-hydrogen) atoms. The molecule has 0 saturated heterocycles. The molecule has 1 aromatic heterocycles. The second kappa shape index (κ2) is 8.16. The average Bonchev–Trinajstić information content (AvgIpc) is 2.61. The monoisotopic (exact) mass is 373 g/mol. The van der Waals surface area contributed by atoms with Gasteiger partial charge < -0.3 is 14.8 Å². The van der Waals surface area contributed by atoms with Crippen LogP contribution in [0.4, 0.5) is 4.39 Å². The molecule has 1 N–H and O–H groups in total. The Morgan fingerprint density at radius 3 is 2.33 bits per heavy atom. The minimum Gasteiger partial charge on any atom is -0.351 e. The van der Waals surface area contributed by atoms with E-state index in [-0.39, 0.29) is 35.3 Å². The molecule has 0 saturated carbocycles. The summed E-state index contributed by atoms with van der Waals surface area (Å²) in [6.07, 6.45) is 1.38. The first-order chi connectivity index (χ1) is 12.6. The first kappa shape index (κ1) is 20.4. The molecule has 2 amide bonds. The van der Waals surface area contributed by atoms with E-state index in [2.05, 4.69) is 5.32 Å². The number of benzene rings is 1. The van der Waals surface area contributed by atoms with E-state index in [1.807, 2.05) is 13.8 Å². The Balaban J connectivity index is 2.10. The maximum atomic E-state index is 13.1. The summed E-state index contributed by atoms with van der Waals surface area (Å²) >= 11 is 0. The third-order valence-corrected chi connectivity index (χ3v) is 4.37. The van der Waals surface area contributed by atoms with Crippen molar-refractivity contribution < 1.29 is 14.0 Å². The maximum Gasteiger partial charge on any atom is 0.252 e. The third kappa shape index (κ3) is 5.26. The van der Waals surface area contributed by atoms with Gasteiger partial charge in [0.05, 0.1) is 5.56 Å². The number of aromatic nitrogens is 1. The van der Waals surface area contributed by atoms with Gasteiger partial charge in [-0.05, 0) is 23.8 Å². The zero-order valence-corrected chi connectivity index (χ0v) is 16.0. The number of pyridine rings is 1. The highest BCUT2D eigenvalue weighted by molar-refractivity contribution is 5.94. The Morgan fingerprint density at radius 1 is 1.11 bits per heavy atom. The van der Waals surface area contributed by atoms with Gasteiger partial charge in [0.1, 0.15) is 12.4 Å². The molecule has 0 bridgehead atoms. The van der Waals surface area contributed by atoms with Crippen LogP contribution >= 0.6 is 0 Å². The molecular weight excluding hydrogens is 349 g/mol. The van der Waals surface area contributed by atoms with Crippen LogP contribution in [0.25, 0.3) is 0 Å². The fraction of sp³-hybridized carbons (Fsp3) is 0.350. The SMILES string of the molecule is CN(C)C(=O)Cn1cc(C(=O)NCC(C)(C)c2ccc(F)cc2)ccc1=O. The molecule has 0 aliphatic rings. The van der Waals surface area contributed by atoms with Crippen LogP contribution in [0.3, 0.4) is 0 Å². The van der Waals surface area contributed by atoms with Gasteiger partial charge in [-0.1, -0.05) is 26.0 Å². The maximum absolute atomic E-state index is 13.1. The van der Waals surface area contributed by atoms with E-state index in [4.69, 9.17) is 0 Å². The molecule has 2 aromatic rings. The Bertz CT molecular complexity index is 886. The zero-order chi connectivity index (χ0) is 20.2. The first-order valence-corrected chi connectivity index (χ1v) is 8.55. The van der Waals surface area contributed by atoms with E-state index in [0.717, 1.165) is 5.56 Å². The van der Waals surface area contributed by atoms with Crippen LogP contribution in [0, 0.1) is 5.82 Å².